The molecule has 5 nitrogen and oxygen atoms in total. The van der Waals surface area contributed by atoms with Crippen molar-refractivity contribution in [2.75, 3.05) is 18.4 Å². The van der Waals surface area contributed by atoms with Gasteiger partial charge in [0, 0.05) is 18.8 Å². The number of rotatable bonds is 5. The third kappa shape index (κ3) is 4.25. The number of halogens is 1. The van der Waals surface area contributed by atoms with Crippen LogP contribution in [0.3, 0.4) is 0 Å². The number of piperidine rings is 1. The van der Waals surface area contributed by atoms with Crippen molar-refractivity contribution in [3.05, 3.63) is 59.4 Å². The van der Waals surface area contributed by atoms with Gasteiger partial charge in [0.1, 0.15) is 5.82 Å². The number of aryl methyl sites for hydroxylation is 2. The van der Waals surface area contributed by atoms with Crippen LogP contribution in [0.15, 0.2) is 47.4 Å². The topological polar surface area (TPSA) is 66.5 Å². The molecule has 0 bridgehead atoms. The van der Waals surface area contributed by atoms with Crippen molar-refractivity contribution in [1.29, 1.82) is 0 Å². The average molecular weight is 405 g/mol. The molecule has 1 amide bonds. The van der Waals surface area contributed by atoms with Crippen LogP contribution in [0.5, 0.6) is 0 Å². The van der Waals surface area contributed by atoms with E-state index >= 15 is 0 Å². The SMILES string of the molecule is CCc1cccc(C)c1NC(=O)[C@H]1CCCN(S(=O)(=O)c2ccc(F)cc2)C1. The van der Waals surface area contributed by atoms with Crippen molar-refractivity contribution in [3.8, 4) is 0 Å². The van der Waals surface area contributed by atoms with Crippen LogP contribution in [-0.4, -0.2) is 31.7 Å². The third-order valence-corrected chi connectivity index (χ3v) is 7.07. The van der Waals surface area contributed by atoms with Crippen LogP contribution < -0.4 is 5.32 Å². The maximum absolute atomic E-state index is 13.1. The number of carbonyl (C=O) groups is 1. The molecule has 1 heterocycles. The summed E-state index contributed by atoms with van der Waals surface area (Å²) in [7, 11) is -3.75. The van der Waals surface area contributed by atoms with Gasteiger partial charge in [-0.25, -0.2) is 12.8 Å². The van der Waals surface area contributed by atoms with Crippen molar-refractivity contribution >= 4 is 21.6 Å². The maximum Gasteiger partial charge on any atom is 0.243 e. The summed E-state index contributed by atoms with van der Waals surface area (Å²) in [5, 5.41) is 3.01. The number of nitrogens with one attached hydrogen (secondary N) is 1. The quantitative estimate of drug-likeness (QED) is 0.826. The Morgan fingerprint density at radius 2 is 1.93 bits per heavy atom. The minimum atomic E-state index is -3.75. The third-order valence-electron chi connectivity index (χ3n) is 5.19. The molecule has 3 rings (SSSR count). The summed E-state index contributed by atoms with van der Waals surface area (Å²) in [6.07, 6.45) is 2.04. The summed E-state index contributed by atoms with van der Waals surface area (Å²) in [4.78, 5) is 12.9. The molecule has 2 aromatic rings. The van der Waals surface area contributed by atoms with Gasteiger partial charge >= 0.3 is 0 Å². The first kappa shape index (κ1) is 20.5. The molecule has 7 heteroatoms. The summed E-state index contributed by atoms with van der Waals surface area (Å²) in [5.41, 5.74) is 2.85. The summed E-state index contributed by atoms with van der Waals surface area (Å²) < 4.78 is 40.2. The van der Waals surface area contributed by atoms with Crippen LogP contribution in [0.25, 0.3) is 0 Å². The lowest BCUT2D eigenvalue weighted by Crippen LogP contribution is -2.43. The second-order valence-electron chi connectivity index (χ2n) is 7.11. The monoisotopic (exact) mass is 404 g/mol. The number of para-hydroxylation sites is 1. The Morgan fingerprint density at radius 1 is 1.21 bits per heavy atom. The molecule has 0 spiro atoms. The first-order chi connectivity index (χ1) is 13.3. The predicted molar refractivity (Wildman–Crippen MR) is 107 cm³/mol. The van der Waals surface area contributed by atoms with E-state index in [1.165, 1.54) is 16.4 Å². The number of sulfonamides is 1. The van der Waals surface area contributed by atoms with Crippen LogP contribution >= 0.6 is 0 Å². The van der Waals surface area contributed by atoms with Crippen molar-refractivity contribution in [3.63, 3.8) is 0 Å². The van der Waals surface area contributed by atoms with Crippen LogP contribution in [0, 0.1) is 18.7 Å². The van der Waals surface area contributed by atoms with Crippen LogP contribution in [-0.2, 0) is 21.2 Å². The summed E-state index contributed by atoms with van der Waals surface area (Å²) in [6.45, 7) is 4.45. The van der Waals surface area contributed by atoms with E-state index < -0.39 is 21.8 Å². The van der Waals surface area contributed by atoms with E-state index in [2.05, 4.69) is 5.32 Å². The molecule has 1 aliphatic heterocycles. The van der Waals surface area contributed by atoms with Crippen LogP contribution in [0.2, 0.25) is 0 Å². The number of hydrogen-bond donors (Lipinski definition) is 1. The number of amides is 1. The van der Waals surface area contributed by atoms with Crippen molar-refractivity contribution in [2.45, 2.75) is 38.0 Å². The Morgan fingerprint density at radius 3 is 2.61 bits per heavy atom. The normalized spacial score (nSPS) is 18.0. The van der Waals surface area contributed by atoms with Gasteiger partial charge in [-0.2, -0.15) is 4.31 Å². The zero-order chi connectivity index (χ0) is 20.3. The van der Waals surface area contributed by atoms with Gasteiger partial charge in [0.05, 0.1) is 10.8 Å². The minimum Gasteiger partial charge on any atom is -0.325 e. The summed E-state index contributed by atoms with van der Waals surface area (Å²) in [6, 6.07) is 10.7. The van der Waals surface area contributed by atoms with Gasteiger partial charge in [0.15, 0.2) is 0 Å². The van der Waals surface area contributed by atoms with Gasteiger partial charge in [0.25, 0.3) is 0 Å². The molecule has 0 saturated carbocycles. The van der Waals surface area contributed by atoms with Gasteiger partial charge < -0.3 is 5.32 Å². The van der Waals surface area contributed by atoms with E-state index in [1.807, 2.05) is 32.0 Å². The van der Waals surface area contributed by atoms with Crippen LogP contribution in [0.1, 0.15) is 30.9 Å². The highest BCUT2D eigenvalue weighted by atomic mass is 32.2. The molecule has 0 aliphatic carbocycles. The fourth-order valence-electron chi connectivity index (χ4n) is 3.56. The zero-order valence-corrected chi connectivity index (χ0v) is 16.9. The Hall–Kier alpha value is -2.25. The van der Waals surface area contributed by atoms with E-state index in [1.54, 1.807) is 0 Å². The summed E-state index contributed by atoms with van der Waals surface area (Å²) >= 11 is 0. The molecule has 0 aromatic heterocycles. The molecule has 1 N–H and O–H groups in total. The van der Waals surface area contributed by atoms with E-state index in [4.69, 9.17) is 0 Å². The smallest absolute Gasteiger partial charge is 0.243 e. The highest BCUT2D eigenvalue weighted by Gasteiger charge is 2.33. The van der Waals surface area contributed by atoms with Gasteiger partial charge in [-0.15, -0.1) is 0 Å². The standard InChI is InChI=1S/C21H25FN2O3S/c1-3-16-7-4-6-15(2)20(16)23-21(25)17-8-5-13-24(14-17)28(26,27)19-11-9-18(22)10-12-19/h4,6-7,9-12,17H,3,5,8,13-14H2,1-2H3,(H,23,25)/t17-/m0/s1. The van der Waals surface area contributed by atoms with E-state index in [9.17, 15) is 17.6 Å². The van der Waals surface area contributed by atoms with Crippen LogP contribution in [0.4, 0.5) is 10.1 Å². The van der Waals surface area contributed by atoms with Crippen molar-refractivity contribution in [2.24, 2.45) is 5.92 Å². The Kier molecular flexibility index (Phi) is 6.15. The maximum atomic E-state index is 13.1. The molecule has 1 saturated heterocycles. The molecule has 0 radical (unpaired) electrons. The predicted octanol–water partition coefficient (Wildman–Crippen LogP) is 3.74. The van der Waals surface area contributed by atoms with Crippen molar-refractivity contribution in [1.82, 2.24) is 4.31 Å². The molecular formula is C21H25FN2O3S. The Balaban J connectivity index is 1.76. The number of benzene rings is 2. The number of hydrogen-bond acceptors (Lipinski definition) is 3. The summed E-state index contributed by atoms with van der Waals surface area (Å²) in [5.74, 6) is -1.07. The number of carbonyl (C=O) groups excluding carboxylic acids is 1. The highest BCUT2D eigenvalue weighted by Crippen LogP contribution is 2.27. The molecular weight excluding hydrogens is 379 g/mol. The molecule has 1 fully saturated rings. The van der Waals surface area contributed by atoms with E-state index in [0.29, 0.717) is 19.4 Å². The lowest BCUT2D eigenvalue weighted by molar-refractivity contribution is -0.120. The van der Waals surface area contributed by atoms with Gasteiger partial charge in [0.2, 0.25) is 15.9 Å². The van der Waals surface area contributed by atoms with Gasteiger partial charge in [-0.1, -0.05) is 25.1 Å². The molecule has 28 heavy (non-hydrogen) atoms. The first-order valence-corrected chi connectivity index (χ1v) is 10.9. The second kappa shape index (κ2) is 8.41. The average Bonchev–Trinajstić information content (AvgIpc) is 2.70. The Labute approximate surface area is 165 Å². The fourth-order valence-corrected chi connectivity index (χ4v) is 5.08. The second-order valence-corrected chi connectivity index (χ2v) is 9.05. The van der Waals surface area contributed by atoms with E-state index in [-0.39, 0.29) is 17.3 Å². The largest absolute Gasteiger partial charge is 0.325 e. The molecule has 1 atom stereocenters. The number of nitrogens with zero attached hydrogens (tertiary/aromatic N) is 1. The first-order valence-electron chi connectivity index (χ1n) is 9.48. The molecule has 2 aromatic carbocycles. The van der Waals surface area contributed by atoms with Gasteiger partial charge in [-0.05, 0) is 61.6 Å². The molecule has 150 valence electrons. The fraction of sp³-hybridized carbons (Fsp3) is 0.381. The molecule has 0 unspecified atom stereocenters. The zero-order valence-electron chi connectivity index (χ0n) is 16.1. The highest BCUT2D eigenvalue weighted by molar-refractivity contribution is 7.89. The Bertz CT molecular complexity index is 958. The molecule has 1 aliphatic rings. The lowest BCUT2D eigenvalue weighted by atomic mass is 9.98. The lowest BCUT2D eigenvalue weighted by Gasteiger charge is -2.31. The van der Waals surface area contributed by atoms with Gasteiger partial charge in [-0.3, -0.25) is 4.79 Å². The van der Waals surface area contributed by atoms with Crippen molar-refractivity contribution < 1.29 is 17.6 Å². The van der Waals surface area contributed by atoms with E-state index in [0.717, 1.165) is 35.4 Å². The minimum absolute atomic E-state index is 0.0436. The number of anilines is 1.